The highest BCUT2D eigenvalue weighted by atomic mass is 15.2. The lowest BCUT2D eigenvalue weighted by molar-refractivity contribution is 0.0704. The lowest BCUT2D eigenvalue weighted by Crippen LogP contribution is -2.53. The van der Waals surface area contributed by atoms with Crippen LogP contribution in [0.5, 0.6) is 0 Å². The summed E-state index contributed by atoms with van der Waals surface area (Å²) < 4.78 is 0. The van der Waals surface area contributed by atoms with E-state index in [1.807, 2.05) is 0 Å². The molecule has 0 aliphatic heterocycles. The van der Waals surface area contributed by atoms with E-state index in [0.717, 1.165) is 25.2 Å². The molecule has 2 atom stereocenters. The highest BCUT2D eigenvalue weighted by Gasteiger charge is 2.30. The molecule has 20 heavy (non-hydrogen) atoms. The molecular weight excluding hydrogens is 248 g/mol. The SMILES string of the molecule is CN(C)CCN(C)[C@@H]1CCCC[C@@H]1N(C)CCN(C)C. The van der Waals surface area contributed by atoms with Crippen LogP contribution in [-0.2, 0) is 0 Å². The van der Waals surface area contributed by atoms with Gasteiger partial charge in [-0.05, 0) is 55.1 Å². The highest BCUT2D eigenvalue weighted by Crippen LogP contribution is 2.25. The van der Waals surface area contributed by atoms with E-state index >= 15 is 0 Å². The monoisotopic (exact) mass is 284 g/mol. The molecule has 0 aromatic heterocycles. The van der Waals surface area contributed by atoms with Crippen molar-refractivity contribution in [1.82, 2.24) is 19.6 Å². The normalized spacial score (nSPS) is 24.3. The highest BCUT2D eigenvalue weighted by molar-refractivity contribution is 4.88. The van der Waals surface area contributed by atoms with E-state index in [0.29, 0.717) is 0 Å². The Hall–Kier alpha value is -0.160. The van der Waals surface area contributed by atoms with Crippen LogP contribution < -0.4 is 0 Å². The number of likely N-dealkylation sites (N-methyl/N-ethyl adjacent to an activating group) is 4. The topological polar surface area (TPSA) is 13.0 Å². The van der Waals surface area contributed by atoms with Gasteiger partial charge in [-0.2, -0.15) is 0 Å². The number of rotatable bonds is 8. The molecular formula is C16H36N4. The molecule has 4 heteroatoms. The predicted octanol–water partition coefficient (Wildman–Crippen LogP) is 1.28. The van der Waals surface area contributed by atoms with Gasteiger partial charge in [-0.25, -0.2) is 0 Å². The molecule has 0 bridgehead atoms. The summed E-state index contributed by atoms with van der Waals surface area (Å²) in [6, 6.07) is 1.46. The molecule has 1 aliphatic rings. The second-order valence-electron chi connectivity index (χ2n) is 6.99. The maximum absolute atomic E-state index is 2.59. The van der Waals surface area contributed by atoms with E-state index in [4.69, 9.17) is 0 Å². The zero-order valence-electron chi connectivity index (χ0n) is 14.6. The Labute approximate surface area is 126 Å². The predicted molar refractivity (Wildman–Crippen MR) is 88.4 cm³/mol. The quantitative estimate of drug-likeness (QED) is 0.666. The van der Waals surface area contributed by atoms with Gasteiger partial charge in [-0.15, -0.1) is 0 Å². The lowest BCUT2D eigenvalue weighted by Gasteiger charge is -2.43. The molecule has 0 unspecified atom stereocenters. The van der Waals surface area contributed by atoms with E-state index in [1.54, 1.807) is 0 Å². The average molecular weight is 284 g/mol. The van der Waals surface area contributed by atoms with Crippen molar-refractivity contribution < 1.29 is 0 Å². The number of nitrogens with zero attached hydrogens (tertiary/aromatic N) is 4. The molecule has 1 saturated carbocycles. The number of hydrogen-bond acceptors (Lipinski definition) is 4. The van der Waals surface area contributed by atoms with Crippen molar-refractivity contribution in [2.75, 3.05) is 68.5 Å². The van der Waals surface area contributed by atoms with Crippen LogP contribution in [0.2, 0.25) is 0 Å². The van der Waals surface area contributed by atoms with Crippen LogP contribution in [0.25, 0.3) is 0 Å². The third-order valence-corrected chi connectivity index (χ3v) is 4.63. The van der Waals surface area contributed by atoms with Crippen molar-refractivity contribution in [1.29, 1.82) is 0 Å². The van der Waals surface area contributed by atoms with E-state index in [1.165, 1.54) is 38.8 Å². The van der Waals surface area contributed by atoms with Crippen molar-refractivity contribution in [2.24, 2.45) is 0 Å². The van der Waals surface area contributed by atoms with Crippen LogP contribution >= 0.6 is 0 Å². The standard InChI is InChI=1S/C16H36N4/c1-17(2)11-13-19(5)15-9-7-8-10-16(15)20(6)14-12-18(3)4/h15-16H,7-14H2,1-6H3/t15-,16+. The molecule has 1 rings (SSSR count). The molecule has 0 spiro atoms. The Morgan fingerprint density at radius 3 is 1.25 bits per heavy atom. The first-order chi connectivity index (χ1) is 9.41. The maximum Gasteiger partial charge on any atom is 0.0248 e. The molecule has 0 aromatic carbocycles. The van der Waals surface area contributed by atoms with Crippen LogP contribution in [0.1, 0.15) is 25.7 Å². The van der Waals surface area contributed by atoms with Gasteiger partial charge in [0.05, 0.1) is 0 Å². The summed E-state index contributed by atoms with van der Waals surface area (Å²) in [4.78, 5) is 9.75. The van der Waals surface area contributed by atoms with Gasteiger partial charge in [0, 0.05) is 38.3 Å². The second-order valence-corrected chi connectivity index (χ2v) is 6.99. The zero-order valence-corrected chi connectivity index (χ0v) is 14.6. The van der Waals surface area contributed by atoms with Crippen LogP contribution in [0.4, 0.5) is 0 Å². The fourth-order valence-corrected chi connectivity index (χ4v) is 3.17. The Morgan fingerprint density at radius 1 is 0.600 bits per heavy atom. The van der Waals surface area contributed by atoms with Crippen LogP contribution in [0, 0.1) is 0 Å². The second kappa shape index (κ2) is 8.98. The Bertz CT molecular complexity index is 229. The first-order valence-electron chi connectivity index (χ1n) is 8.11. The van der Waals surface area contributed by atoms with Gasteiger partial charge in [0.25, 0.3) is 0 Å². The van der Waals surface area contributed by atoms with Crippen molar-refractivity contribution in [3.8, 4) is 0 Å². The van der Waals surface area contributed by atoms with Gasteiger partial charge in [-0.1, -0.05) is 12.8 Å². The summed E-state index contributed by atoms with van der Waals surface area (Å²) in [6.07, 6.45) is 5.52. The fourth-order valence-electron chi connectivity index (χ4n) is 3.17. The van der Waals surface area contributed by atoms with Crippen molar-refractivity contribution in [3.05, 3.63) is 0 Å². The largest absolute Gasteiger partial charge is 0.308 e. The van der Waals surface area contributed by atoms with Crippen LogP contribution in [0.15, 0.2) is 0 Å². The Balaban J connectivity index is 2.51. The molecule has 0 aromatic rings. The summed E-state index contributed by atoms with van der Waals surface area (Å²) >= 11 is 0. The van der Waals surface area contributed by atoms with Crippen LogP contribution in [0.3, 0.4) is 0 Å². The van der Waals surface area contributed by atoms with E-state index in [2.05, 4.69) is 61.9 Å². The lowest BCUT2D eigenvalue weighted by atomic mass is 9.88. The molecule has 0 heterocycles. The molecule has 4 nitrogen and oxygen atoms in total. The molecule has 120 valence electrons. The van der Waals surface area contributed by atoms with Gasteiger partial charge in [-0.3, -0.25) is 0 Å². The number of hydrogen-bond donors (Lipinski definition) is 0. The molecule has 0 N–H and O–H groups in total. The van der Waals surface area contributed by atoms with Gasteiger partial charge in [0.2, 0.25) is 0 Å². The van der Waals surface area contributed by atoms with Gasteiger partial charge < -0.3 is 19.6 Å². The van der Waals surface area contributed by atoms with Crippen molar-refractivity contribution >= 4 is 0 Å². The summed E-state index contributed by atoms with van der Waals surface area (Å²) in [5.41, 5.74) is 0. The smallest absolute Gasteiger partial charge is 0.0248 e. The molecule has 0 radical (unpaired) electrons. The van der Waals surface area contributed by atoms with Crippen molar-refractivity contribution in [2.45, 2.75) is 37.8 Å². The molecule has 1 aliphatic carbocycles. The van der Waals surface area contributed by atoms with Gasteiger partial charge in [0.15, 0.2) is 0 Å². The first kappa shape index (κ1) is 17.9. The minimum Gasteiger partial charge on any atom is -0.308 e. The molecule has 0 saturated heterocycles. The third-order valence-electron chi connectivity index (χ3n) is 4.63. The van der Waals surface area contributed by atoms with E-state index in [-0.39, 0.29) is 0 Å². The Morgan fingerprint density at radius 2 is 0.950 bits per heavy atom. The average Bonchev–Trinajstić information content (AvgIpc) is 2.42. The minimum absolute atomic E-state index is 0.732. The van der Waals surface area contributed by atoms with E-state index in [9.17, 15) is 0 Å². The summed E-state index contributed by atoms with van der Waals surface area (Å²) in [7, 11) is 13.3. The Kier molecular flexibility index (Phi) is 8.03. The molecule has 1 fully saturated rings. The van der Waals surface area contributed by atoms with Gasteiger partial charge >= 0.3 is 0 Å². The maximum atomic E-state index is 2.59. The van der Waals surface area contributed by atoms with Crippen LogP contribution in [-0.4, -0.2) is 100 Å². The third kappa shape index (κ3) is 6.08. The van der Waals surface area contributed by atoms with Crippen molar-refractivity contribution in [3.63, 3.8) is 0 Å². The molecule has 0 amide bonds. The fraction of sp³-hybridized carbons (Fsp3) is 1.00. The summed E-state index contributed by atoms with van der Waals surface area (Å²) in [6.45, 7) is 4.66. The minimum atomic E-state index is 0.732. The zero-order chi connectivity index (χ0) is 15.1. The van der Waals surface area contributed by atoms with E-state index < -0.39 is 0 Å². The summed E-state index contributed by atoms with van der Waals surface area (Å²) in [5.74, 6) is 0. The summed E-state index contributed by atoms with van der Waals surface area (Å²) in [5, 5.41) is 0. The van der Waals surface area contributed by atoms with Gasteiger partial charge in [0.1, 0.15) is 0 Å². The first-order valence-corrected chi connectivity index (χ1v) is 8.11.